The minimum absolute atomic E-state index is 0.186. The van der Waals surface area contributed by atoms with Crippen molar-refractivity contribution in [3.63, 3.8) is 0 Å². The summed E-state index contributed by atoms with van der Waals surface area (Å²) in [6.07, 6.45) is 2.29. The molecule has 1 aliphatic carbocycles. The summed E-state index contributed by atoms with van der Waals surface area (Å²) in [5, 5.41) is 8.69. The van der Waals surface area contributed by atoms with Crippen molar-refractivity contribution in [2.75, 3.05) is 20.2 Å². The van der Waals surface area contributed by atoms with Gasteiger partial charge in [-0.2, -0.15) is 5.26 Å². The van der Waals surface area contributed by atoms with Crippen molar-refractivity contribution in [2.24, 2.45) is 5.41 Å². The average molecular weight is 436 g/mol. The molecule has 4 rings (SSSR count). The van der Waals surface area contributed by atoms with Crippen molar-refractivity contribution in [3.05, 3.63) is 41.5 Å². The maximum atomic E-state index is 13.2. The van der Waals surface area contributed by atoms with Gasteiger partial charge in [0.1, 0.15) is 29.7 Å². The molecular formula is C23H21FN4O4. The standard InChI is InChI=1S/C23H21FN4O4/c1-13-5-14(22-26-9-15(24)10-27-22)6-18(32-2)20(13)21-16(29)7-23(8-17(21)30)11-28(12-23)19(31)3-4-25/h5-6,9-10,21H,3,7-8,11-12H2,1-2H3. The Morgan fingerprint density at radius 2 is 1.88 bits per heavy atom. The van der Waals surface area contributed by atoms with Crippen LogP contribution in [0.5, 0.6) is 5.75 Å². The van der Waals surface area contributed by atoms with Gasteiger partial charge < -0.3 is 9.64 Å². The number of aryl methyl sites for hydroxylation is 1. The molecule has 2 aromatic rings. The van der Waals surface area contributed by atoms with Crippen LogP contribution >= 0.6 is 0 Å². The first-order chi connectivity index (χ1) is 15.3. The van der Waals surface area contributed by atoms with Gasteiger partial charge in [0.15, 0.2) is 11.6 Å². The molecule has 8 nitrogen and oxygen atoms in total. The topological polar surface area (TPSA) is 113 Å². The Labute approximate surface area is 184 Å². The van der Waals surface area contributed by atoms with E-state index in [9.17, 15) is 18.8 Å². The molecule has 164 valence electrons. The number of nitrogens with zero attached hydrogens (tertiary/aromatic N) is 4. The van der Waals surface area contributed by atoms with E-state index in [2.05, 4.69) is 9.97 Å². The first kappa shape index (κ1) is 21.6. The third-order valence-electron chi connectivity index (χ3n) is 6.11. The highest BCUT2D eigenvalue weighted by Gasteiger charge is 2.53. The van der Waals surface area contributed by atoms with E-state index in [1.165, 1.54) is 12.0 Å². The first-order valence-electron chi connectivity index (χ1n) is 10.1. The van der Waals surface area contributed by atoms with Crippen LogP contribution in [0.3, 0.4) is 0 Å². The number of carbonyl (C=O) groups is 3. The van der Waals surface area contributed by atoms with Crippen molar-refractivity contribution < 1.29 is 23.5 Å². The van der Waals surface area contributed by atoms with Crippen LogP contribution in [0.25, 0.3) is 11.4 Å². The predicted molar refractivity (Wildman–Crippen MR) is 110 cm³/mol. The molecule has 1 aromatic carbocycles. The number of aromatic nitrogens is 2. The van der Waals surface area contributed by atoms with Gasteiger partial charge in [0, 0.05) is 42.5 Å². The van der Waals surface area contributed by atoms with Gasteiger partial charge in [-0.05, 0) is 24.6 Å². The van der Waals surface area contributed by atoms with Gasteiger partial charge >= 0.3 is 0 Å². The highest BCUT2D eigenvalue weighted by molar-refractivity contribution is 6.11. The van der Waals surface area contributed by atoms with Crippen molar-refractivity contribution in [1.29, 1.82) is 5.26 Å². The summed E-state index contributed by atoms with van der Waals surface area (Å²) >= 11 is 0. The van der Waals surface area contributed by atoms with Crippen molar-refractivity contribution in [3.8, 4) is 23.2 Å². The lowest BCUT2D eigenvalue weighted by molar-refractivity contribution is -0.154. The van der Waals surface area contributed by atoms with Crippen LogP contribution in [0, 0.1) is 29.5 Å². The lowest BCUT2D eigenvalue weighted by Gasteiger charge is -2.52. The SMILES string of the molecule is COc1cc(-c2ncc(F)cn2)cc(C)c1C1C(=O)CC2(CC1=O)CN(C(=O)CC#N)C2. The lowest BCUT2D eigenvalue weighted by Crippen LogP contribution is -2.62. The Kier molecular flexibility index (Phi) is 5.46. The number of carbonyl (C=O) groups excluding carboxylic acids is 3. The molecular weight excluding hydrogens is 415 g/mol. The highest BCUT2D eigenvalue weighted by atomic mass is 19.1. The molecule has 2 fully saturated rings. The van der Waals surface area contributed by atoms with Gasteiger partial charge in [0.25, 0.3) is 0 Å². The fraction of sp³-hybridized carbons (Fsp3) is 0.391. The van der Waals surface area contributed by atoms with Gasteiger partial charge in [-0.1, -0.05) is 0 Å². The van der Waals surface area contributed by atoms with E-state index in [1.807, 2.05) is 6.07 Å². The number of Topliss-reactive ketones (excluding diaryl/α,β-unsaturated/α-hetero) is 2. The van der Waals surface area contributed by atoms with E-state index in [-0.39, 0.29) is 36.7 Å². The number of nitriles is 1. The van der Waals surface area contributed by atoms with Gasteiger partial charge in [0.05, 0.1) is 25.6 Å². The summed E-state index contributed by atoms with van der Waals surface area (Å²) in [5.41, 5.74) is 1.23. The van der Waals surface area contributed by atoms with E-state index in [1.54, 1.807) is 19.1 Å². The number of amides is 1. The molecule has 0 unspecified atom stereocenters. The zero-order valence-electron chi connectivity index (χ0n) is 17.7. The number of halogens is 1. The number of methoxy groups -OCH3 is 1. The molecule has 2 heterocycles. The second-order valence-corrected chi connectivity index (χ2v) is 8.44. The minimum Gasteiger partial charge on any atom is -0.496 e. The third kappa shape index (κ3) is 3.73. The summed E-state index contributed by atoms with van der Waals surface area (Å²) in [6, 6.07) is 5.22. The molecule has 2 aliphatic rings. The van der Waals surface area contributed by atoms with Crippen LogP contribution < -0.4 is 4.74 Å². The van der Waals surface area contributed by atoms with Crippen LogP contribution in [-0.2, 0) is 14.4 Å². The number of likely N-dealkylation sites (tertiary alicyclic amines) is 1. The van der Waals surface area contributed by atoms with Crippen LogP contribution in [0.2, 0.25) is 0 Å². The van der Waals surface area contributed by atoms with E-state index < -0.39 is 17.2 Å². The monoisotopic (exact) mass is 436 g/mol. The van der Waals surface area contributed by atoms with E-state index in [0.29, 0.717) is 41.4 Å². The number of ketones is 2. The molecule has 0 atom stereocenters. The zero-order valence-corrected chi connectivity index (χ0v) is 17.7. The Hall–Kier alpha value is -3.67. The molecule has 1 saturated carbocycles. The molecule has 32 heavy (non-hydrogen) atoms. The number of hydrogen-bond donors (Lipinski definition) is 0. The predicted octanol–water partition coefficient (Wildman–Crippen LogP) is 2.36. The second kappa shape index (κ2) is 8.11. The largest absolute Gasteiger partial charge is 0.496 e. The number of hydrogen-bond acceptors (Lipinski definition) is 7. The van der Waals surface area contributed by atoms with Crippen molar-refractivity contribution >= 4 is 17.5 Å². The summed E-state index contributed by atoms with van der Waals surface area (Å²) < 4.78 is 18.7. The Morgan fingerprint density at radius 3 is 2.44 bits per heavy atom. The molecule has 1 aliphatic heterocycles. The molecule has 1 amide bonds. The normalized spacial score (nSPS) is 17.8. The lowest BCUT2D eigenvalue weighted by atomic mass is 9.63. The Bertz CT molecular complexity index is 1130. The quantitative estimate of drug-likeness (QED) is 0.676. The molecule has 9 heteroatoms. The third-order valence-corrected chi connectivity index (χ3v) is 6.11. The highest BCUT2D eigenvalue weighted by Crippen LogP contribution is 2.47. The zero-order chi connectivity index (χ0) is 23.0. The van der Waals surface area contributed by atoms with Gasteiger partial charge in [0.2, 0.25) is 5.91 Å². The summed E-state index contributed by atoms with van der Waals surface area (Å²) in [5.74, 6) is -1.52. The van der Waals surface area contributed by atoms with Gasteiger partial charge in [-0.3, -0.25) is 14.4 Å². The minimum atomic E-state index is -0.942. The fourth-order valence-electron chi connectivity index (χ4n) is 4.75. The average Bonchev–Trinajstić information content (AvgIpc) is 2.72. The van der Waals surface area contributed by atoms with Gasteiger partial charge in [-0.15, -0.1) is 0 Å². The van der Waals surface area contributed by atoms with Gasteiger partial charge in [-0.25, -0.2) is 14.4 Å². The molecule has 1 aromatic heterocycles. The van der Waals surface area contributed by atoms with Crippen LogP contribution in [0.4, 0.5) is 4.39 Å². The van der Waals surface area contributed by atoms with Crippen LogP contribution in [0.15, 0.2) is 24.5 Å². The Balaban J connectivity index is 1.60. The van der Waals surface area contributed by atoms with Crippen LogP contribution in [-0.4, -0.2) is 52.5 Å². The number of rotatable bonds is 4. The second-order valence-electron chi connectivity index (χ2n) is 8.44. The molecule has 1 spiro atoms. The molecule has 0 radical (unpaired) electrons. The smallest absolute Gasteiger partial charge is 0.236 e. The summed E-state index contributed by atoms with van der Waals surface area (Å²) in [7, 11) is 1.46. The summed E-state index contributed by atoms with van der Waals surface area (Å²) in [4.78, 5) is 47.6. The molecule has 0 N–H and O–H groups in total. The van der Waals surface area contributed by atoms with E-state index in [4.69, 9.17) is 10.00 Å². The maximum absolute atomic E-state index is 13.2. The van der Waals surface area contributed by atoms with E-state index >= 15 is 0 Å². The molecule has 0 bridgehead atoms. The molecule has 1 saturated heterocycles. The Morgan fingerprint density at radius 1 is 1.25 bits per heavy atom. The van der Waals surface area contributed by atoms with Crippen LogP contribution in [0.1, 0.15) is 36.3 Å². The van der Waals surface area contributed by atoms with Crippen molar-refractivity contribution in [1.82, 2.24) is 14.9 Å². The fourth-order valence-corrected chi connectivity index (χ4v) is 4.75. The number of ether oxygens (including phenoxy) is 1. The number of benzene rings is 1. The van der Waals surface area contributed by atoms with Crippen molar-refractivity contribution in [2.45, 2.75) is 32.1 Å². The van der Waals surface area contributed by atoms with E-state index in [0.717, 1.165) is 12.4 Å². The first-order valence-corrected chi connectivity index (χ1v) is 10.1. The summed E-state index contributed by atoms with van der Waals surface area (Å²) in [6.45, 7) is 2.41. The maximum Gasteiger partial charge on any atom is 0.236 e.